The zero-order valence-electron chi connectivity index (χ0n) is 31.5. The SMILES string of the molecule is Oc1ccc(-c2ccc(-c3ccc(-c4ccc(-c5ccc(-c6ccc(-c7ccc(-c8ccc(-c9ccc(-c%10ccc(-c%11cccs%11)s%10)s9)s8)s7)s6)s5)s4)s3)s2)c2cccnc12. The molecule has 12 heteroatoms. The van der Waals surface area contributed by atoms with Gasteiger partial charge in [0.1, 0.15) is 11.3 Å². The van der Waals surface area contributed by atoms with E-state index in [-0.39, 0.29) is 5.75 Å². The highest BCUT2D eigenvalue weighted by Gasteiger charge is 2.17. The highest BCUT2D eigenvalue weighted by atomic mass is 32.1. The highest BCUT2D eigenvalue weighted by Crippen LogP contribution is 2.49. The lowest BCUT2D eigenvalue weighted by atomic mass is 10.1. The second-order valence-corrected chi connectivity index (χ2v) is 24.7. The van der Waals surface area contributed by atoms with Gasteiger partial charge in [0.15, 0.2) is 0 Å². The largest absolute Gasteiger partial charge is 0.506 e. The molecule has 0 radical (unpaired) electrons. The third-order valence-corrected chi connectivity index (χ3v) is 22.6. The van der Waals surface area contributed by atoms with Crippen LogP contribution in [0.5, 0.6) is 5.75 Å². The lowest BCUT2D eigenvalue weighted by molar-refractivity contribution is 0.480. The van der Waals surface area contributed by atoms with Gasteiger partial charge >= 0.3 is 0 Å². The summed E-state index contributed by atoms with van der Waals surface area (Å²) in [6.45, 7) is 0. The molecule has 0 bridgehead atoms. The maximum absolute atomic E-state index is 10.3. The molecule has 12 rings (SSSR count). The number of benzene rings is 1. The van der Waals surface area contributed by atoms with Crippen molar-refractivity contribution < 1.29 is 5.11 Å². The van der Waals surface area contributed by atoms with Crippen LogP contribution < -0.4 is 0 Å². The molecular formula is C49H27NOS10. The number of phenols is 1. The molecule has 12 aromatic rings. The number of fused-ring (bicyclic) bond motifs is 1. The highest BCUT2D eigenvalue weighted by molar-refractivity contribution is 7.32. The molecule has 0 atom stereocenters. The third kappa shape index (κ3) is 7.28. The predicted molar refractivity (Wildman–Crippen MR) is 277 cm³/mol. The average molecular weight is 966 g/mol. The fourth-order valence-electron chi connectivity index (χ4n) is 7.23. The summed E-state index contributed by atoms with van der Waals surface area (Å²) in [5.41, 5.74) is 1.73. The van der Waals surface area contributed by atoms with Crippen molar-refractivity contribution in [3.63, 3.8) is 0 Å². The van der Waals surface area contributed by atoms with Crippen molar-refractivity contribution in [2.24, 2.45) is 0 Å². The van der Waals surface area contributed by atoms with Gasteiger partial charge in [-0.05, 0) is 139 Å². The van der Waals surface area contributed by atoms with Crippen LogP contribution >= 0.6 is 113 Å². The van der Waals surface area contributed by atoms with Crippen molar-refractivity contribution in [2.75, 3.05) is 0 Å². The standard InChI is InChI=1S/C49H27NOS10/c51-29-6-5-27(28-3-1-25-50-49(28)29)30-7-8-33(53-30)34-11-12-37(55-34)38-15-16-41(57-38)42-19-20-45(59-42)46-23-24-48(61-46)47-22-21-44(60-47)43-18-17-40(58-43)39-14-13-36(56-39)35-10-9-32(54-35)31-4-2-26-52-31/h1-26,51H. The number of aromatic hydroxyl groups is 1. The van der Waals surface area contributed by atoms with Crippen molar-refractivity contribution >= 4 is 124 Å². The van der Waals surface area contributed by atoms with Crippen molar-refractivity contribution in [2.45, 2.75) is 0 Å². The van der Waals surface area contributed by atoms with Crippen LogP contribution in [-0.4, -0.2) is 10.1 Å². The Morgan fingerprint density at radius 2 is 0.607 bits per heavy atom. The zero-order chi connectivity index (χ0) is 40.4. The van der Waals surface area contributed by atoms with Crippen molar-refractivity contribution in [3.05, 3.63) is 157 Å². The van der Waals surface area contributed by atoms with Crippen LogP contribution in [0, 0.1) is 0 Å². The van der Waals surface area contributed by atoms with Gasteiger partial charge in [-0.15, -0.1) is 113 Å². The van der Waals surface area contributed by atoms with E-state index < -0.39 is 0 Å². The molecule has 0 unspecified atom stereocenters. The van der Waals surface area contributed by atoms with Crippen molar-refractivity contribution in [3.8, 4) is 104 Å². The summed E-state index contributed by atoms with van der Waals surface area (Å²) in [5.74, 6) is 0.212. The van der Waals surface area contributed by atoms with Gasteiger partial charge < -0.3 is 5.11 Å². The summed E-state index contributed by atoms with van der Waals surface area (Å²) >= 11 is 18.6. The Kier molecular flexibility index (Phi) is 9.98. The smallest absolute Gasteiger partial charge is 0.141 e. The summed E-state index contributed by atoms with van der Waals surface area (Å²) in [7, 11) is 0. The Bertz CT molecular complexity index is 3470. The van der Waals surface area contributed by atoms with Crippen molar-refractivity contribution in [1.29, 1.82) is 0 Å². The maximum atomic E-state index is 10.3. The van der Waals surface area contributed by atoms with Crippen LogP contribution in [0.3, 0.4) is 0 Å². The van der Waals surface area contributed by atoms with Gasteiger partial charge in [0.05, 0.1) is 0 Å². The number of hydrogen-bond donors (Lipinski definition) is 1. The number of nitrogens with zero attached hydrogens (tertiary/aromatic N) is 1. The van der Waals surface area contributed by atoms with E-state index in [2.05, 4.69) is 132 Å². The fraction of sp³-hybridized carbons (Fsp3) is 0. The molecule has 0 aliphatic carbocycles. The van der Waals surface area contributed by atoms with Gasteiger partial charge in [0.2, 0.25) is 0 Å². The predicted octanol–water partition coefficient (Wildman–Crippen LogP) is 19.2. The molecule has 11 heterocycles. The molecule has 2 nitrogen and oxygen atoms in total. The Hall–Kier alpha value is -4.57. The number of hydrogen-bond acceptors (Lipinski definition) is 12. The van der Waals surface area contributed by atoms with E-state index >= 15 is 0 Å². The number of aromatic nitrogens is 1. The van der Waals surface area contributed by atoms with Crippen LogP contribution in [0.1, 0.15) is 0 Å². The topological polar surface area (TPSA) is 33.1 Å². The first kappa shape index (κ1) is 38.1. The Morgan fingerprint density at radius 3 is 0.934 bits per heavy atom. The minimum absolute atomic E-state index is 0.212. The van der Waals surface area contributed by atoms with Crippen LogP contribution in [-0.2, 0) is 0 Å². The monoisotopic (exact) mass is 965 g/mol. The van der Waals surface area contributed by atoms with E-state index in [0.717, 1.165) is 10.9 Å². The zero-order valence-corrected chi connectivity index (χ0v) is 39.7. The van der Waals surface area contributed by atoms with E-state index in [1.165, 1.54) is 92.7 Å². The van der Waals surface area contributed by atoms with E-state index in [1.807, 2.05) is 109 Å². The number of rotatable bonds is 10. The lowest BCUT2D eigenvalue weighted by Gasteiger charge is -2.05. The molecule has 0 aliphatic heterocycles. The van der Waals surface area contributed by atoms with E-state index in [4.69, 9.17) is 0 Å². The fourth-order valence-corrected chi connectivity index (χ4v) is 17.9. The Balaban J connectivity index is 0.720. The van der Waals surface area contributed by atoms with Crippen LogP contribution in [0.2, 0.25) is 0 Å². The van der Waals surface area contributed by atoms with Gasteiger partial charge in [0, 0.05) is 110 Å². The second-order valence-electron chi connectivity index (χ2n) is 14.0. The molecule has 61 heavy (non-hydrogen) atoms. The normalized spacial score (nSPS) is 11.7. The molecule has 0 aliphatic rings. The first-order chi connectivity index (χ1) is 30.1. The van der Waals surface area contributed by atoms with Gasteiger partial charge in [-0.2, -0.15) is 0 Å². The summed E-state index contributed by atoms with van der Waals surface area (Å²) in [4.78, 5) is 29.2. The van der Waals surface area contributed by atoms with Crippen molar-refractivity contribution in [1.82, 2.24) is 4.98 Å². The Labute approximate surface area is 391 Å². The molecule has 1 N–H and O–H groups in total. The minimum Gasteiger partial charge on any atom is -0.506 e. The molecule has 11 aromatic heterocycles. The Morgan fingerprint density at radius 1 is 0.295 bits per heavy atom. The molecular weight excluding hydrogens is 939 g/mol. The van der Waals surface area contributed by atoms with Crippen LogP contribution in [0.25, 0.3) is 109 Å². The molecule has 294 valence electrons. The van der Waals surface area contributed by atoms with Gasteiger partial charge in [-0.25, -0.2) is 0 Å². The van der Waals surface area contributed by atoms with Gasteiger partial charge in [0.25, 0.3) is 0 Å². The summed E-state index contributed by atoms with van der Waals surface area (Å²) in [6.07, 6.45) is 1.72. The summed E-state index contributed by atoms with van der Waals surface area (Å²) < 4.78 is 0. The lowest BCUT2D eigenvalue weighted by Crippen LogP contribution is -1.82. The third-order valence-electron chi connectivity index (χ3n) is 10.2. The summed E-state index contributed by atoms with van der Waals surface area (Å²) in [6, 6.07) is 52.8. The average Bonchev–Trinajstić information content (AvgIpc) is 4.12. The van der Waals surface area contributed by atoms with Gasteiger partial charge in [-0.3, -0.25) is 4.98 Å². The first-order valence-corrected chi connectivity index (χ1v) is 27.3. The van der Waals surface area contributed by atoms with Crippen LogP contribution in [0.4, 0.5) is 0 Å². The number of pyridine rings is 1. The van der Waals surface area contributed by atoms with Gasteiger partial charge in [-0.1, -0.05) is 12.1 Å². The number of phenolic OH excluding ortho intramolecular Hbond substituents is 1. The van der Waals surface area contributed by atoms with E-state index in [9.17, 15) is 5.11 Å². The van der Waals surface area contributed by atoms with Crippen LogP contribution in [0.15, 0.2) is 157 Å². The first-order valence-electron chi connectivity index (χ1n) is 19.1. The quantitative estimate of drug-likeness (QED) is 0.148. The minimum atomic E-state index is 0.212. The molecule has 0 saturated carbocycles. The number of thiophene rings is 10. The molecule has 0 fully saturated rings. The summed E-state index contributed by atoms with van der Waals surface area (Å²) in [5, 5.41) is 13.5. The molecule has 0 spiro atoms. The molecule has 0 amide bonds. The molecule has 0 saturated heterocycles. The molecule has 1 aromatic carbocycles. The van der Waals surface area contributed by atoms with E-state index in [1.54, 1.807) is 34.9 Å². The van der Waals surface area contributed by atoms with E-state index in [0.29, 0.717) is 5.52 Å². The second kappa shape index (κ2) is 16.0. The maximum Gasteiger partial charge on any atom is 0.141 e.